The number of fused-ring (bicyclic) bond motifs is 7. The molecule has 0 atom stereocenters. The van der Waals surface area contributed by atoms with E-state index in [0.717, 1.165) is 5.02 Å². The van der Waals surface area contributed by atoms with Crippen LogP contribution in [0.25, 0.3) is 31.3 Å². The fourth-order valence-corrected chi connectivity index (χ4v) is 5.63. The van der Waals surface area contributed by atoms with Gasteiger partial charge >= 0.3 is 0 Å². The number of benzene rings is 3. The van der Waals surface area contributed by atoms with E-state index in [1.807, 2.05) is 17.4 Å². The quantitative estimate of drug-likeness (QED) is 0.324. The molecule has 0 unspecified atom stereocenters. The van der Waals surface area contributed by atoms with E-state index in [4.69, 9.17) is 11.6 Å². The van der Waals surface area contributed by atoms with Crippen LogP contribution in [0.3, 0.4) is 0 Å². The molecule has 23 heavy (non-hydrogen) atoms. The van der Waals surface area contributed by atoms with Crippen LogP contribution in [0.4, 0.5) is 0 Å². The predicted octanol–water partition coefficient (Wildman–Crippen LogP) is 7.01. The van der Waals surface area contributed by atoms with Gasteiger partial charge in [-0.3, -0.25) is 0 Å². The molecule has 0 radical (unpaired) electrons. The SMILES string of the molecule is CC1(C)c2ccc(Cl)cc2-c2ccc3c(sc4ccccc43)c21. The molecule has 0 fully saturated rings. The lowest BCUT2D eigenvalue weighted by Crippen LogP contribution is -2.15. The molecular formula is C21H15ClS. The van der Waals surface area contributed by atoms with Crippen molar-refractivity contribution < 1.29 is 0 Å². The van der Waals surface area contributed by atoms with E-state index in [1.54, 1.807) is 0 Å². The summed E-state index contributed by atoms with van der Waals surface area (Å²) in [5.41, 5.74) is 5.47. The van der Waals surface area contributed by atoms with Crippen molar-refractivity contribution in [2.75, 3.05) is 0 Å². The molecule has 0 saturated heterocycles. The van der Waals surface area contributed by atoms with E-state index >= 15 is 0 Å². The molecule has 0 N–H and O–H groups in total. The number of rotatable bonds is 0. The Morgan fingerprint density at radius 3 is 2.57 bits per heavy atom. The van der Waals surface area contributed by atoms with Gasteiger partial charge in [0.05, 0.1) is 0 Å². The average molecular weight is 335 g/mol. The summed E-state index contributed by atoms with van der Waals surface area (Å²) in [5, 5.41) is 3.54. The first-order valence-corrected chi connectivity index (χ1v) is 9.02. The Labute approximate surface area is 144 Å². The highest BCUT2D eigenvalue weighted by Crippen LogP contribution is 2.54. The van der Waals surface area contributed by atoms with E-state index in [-0.39, 0.29) is 5.41 Å². The molecule has 0 saturated carbocycles. The maximum absolute atomic E-state index is 6.27. The summed E-state index contributed by atoms with van der Waals surface area (Å²) in [5.74, 6) is 0. The van der Waals surface area contributed by atoms with E-state index < -0.39 is 0 Å². The Kier molecular flexibility index (Phi) is 2.58. The minimum Gasteiger partial charge on any atom is -0.135 e. The van der Waals surface area contributed by atoms with Gasteiger partial charge in [-0.05, 0) is 40.5 Å². The van der Waals surface area contributed by atoms with Crippen LogP contribution in [0.1, 0.15) is 25.0 Å². The zero-order chi connectivity index (χ0) is 15.8. The monoisotopic (exact) mass is 334 g/mol. The second-order valence-electron chi connectivity index (χ2n) is 6.78. The first kappa shape index (κ1) is 13.6. The topological polar surface area (TPSA) is 0 Å². The van der Waals surface area contributed by atoms with Crippen LogP contribution in [0.2, 0.25) is 5.02 Å². The van der Waals surface area contributed by atoms with Gasteiger partial charge < -0.3 is 0 Å². The molecule has 0 bridgehead atoms. The van der Waals surface area contributed by atoms with Crippen molar-refractivity contribution >= 4 is 43.1 Å². The Bertz CT molecular complexity index is 1100. The summed E-state index contributed by atoms with van der Waals surface area (Å²) in [4.78, 5) is 0. The summed E-state index contributed by atoms with van der Waals surface area (Å²) in [6.07, 6.45) is 0. The summed E-state index contributed by atoms with van der Waals surface area (Å²) in [6.45, 7) is 4.66. The van der Waals surface area contributed by atoms with Gasteiger partial charge in [0.2, 0.25) is 0 Å². The van der Waals surface area contributed by atoms with Crippen molar-refractivity contribution in [1.29, 1.82) is 0 Å². The maximum Gasteiger partial charge on any atom is 0.0412 e. The molecule has 1 aromatic heterocycles. The first-order chi connectivity index (χ1) is 11.1. The smallest absolute Gasteiger partial charge is 0.0412 e. The standard InChI is InChI=1S/C21H15ClS/c1-21(2)17-10-7-12(22)11-16(17)14-8-9-15-13-5-3-4-6-18(13)23-20(15)19(14)21/h3-11H,1-2H3. The van der Waals surface area contributed by atoms with Gasteiger partial charge in [-0.1, -0.05) is 61.8 Å². The number of hydrogen-bond acceptors (Lipinski definition) is 1. The zero-order valence-electron chi connectivity index (χ0n) is 13.0. The van der Waals surface area contributed by atoms with Gasteiger partial charge in [-0.2, -0.15) is 0 Å². The van der Waals surface area contributed by atoms with E-state index in [0.29, 0.717) is 0 Å². The Balaban J connectivity index is 1.97. The molecular weight excluding hydrogens is 320 g/mol. The van der Waals surface area contributed by atoms with Crippen LogP contribution < -0.4 is 0 Å². The molecule has 0 aliphatic heterocycles. The molecule has 5 rings (SSSR count). The molecule has 0 amide bonds. The fourth-order valence-electron chi connectivity index (χ4n) is 4.05. The van der Waals surface area contributed by atoms with Crippen molar-refractivity contribution in [1.82, 2.24) is 0 Å². The van der Waals surface area contributed by atoms with Crippen molar-refractivity contribution in [3.63, 3.8) is 0 Å². The van der Waals surface area contributed by atoms with Gasteiger partial charge in [0.15, 0.2) is 0 Å². The van der Waals surface area contributed by atoms with Gasteiger partial charge in [0, 0.05) is 30.6 Å². The van der Waals surface area contributed by atoms with Gasteiger partial charge in [0.25, 0.3) is 0 Å². The van der Waals surface area contributed by atoms with Crippen molar-refractivity contribution in [2.24, 2.45) is 0 Å². The molecule has 3 aromatic carbocycles. The average Bonchev–Trinajstić information content (AvgIpc) is 3.01. The Hall–Kier alpha value is -1.83. The highest BCUT2D eigenvalue weighted by molar-refractivity contribution is 7.26. The molecule has 0 spiro atoms. The van der Waals surface area contributed by atoms with Gasteiger partial charge in [-0.25, -0.2) is 0 Å². The van der Waals surface area contributed by atoms with Crippen LogP contribution in [-0.2, 0) is 5.41 Å². The third-order valence-corrected chi connectivity index (χ3v) is 6.56. The highest BCUT2D eigenvalue weighted by atomic mass is 35.5. The lowest BCUT2D eigenvalue weighted by molar-refractivity contribution is 0.667. The van der Waals surface area contributed by atoms with Crippen LogP contribution in [0.5, 0.6) is 0 Å². The van der Waals surface area contributed by atoms with Crippen molar-refractivity contribution in [2.45, 2.75) is 19.3 Å². The van der Waals surface area contributed by atoms with Crippen molar-refractivity contribution in [3.8, 4) is 11.1 Å². The summed E-state index contributed by atoms with van der Waals surface area (Å²) in [7, 11) is 0. The largest absolute Gasteiger partial charge is 0.135 e. The van der Waals surface area contributed by atoms with Crippen LogP contribution in [0.15, 0.2) is 54.6 Å². The Morgan fingerprint density at radius 2 is 1.70 bits per heavy atom. The van der Waals surface area contributed by atoms with E-state index in [9.17, 15) is 0 Å². The lowest BCUT2D eigenvalue weighted by atomic mass is 9.82. The molecule has 112 valence electrons. The van der Waals surface area contributed by atoms with Crippen molar-refractivity contribution in [3.05, 3.63) is 70.7 Å². The van der Waals surface area contributed by atoms with Crippen LogP contribution in [-0.4, -0.2) is 0 Å². The van der Waals surface area contributed by atoms with E-state index in [2.05, 4.69) is 62.4 Å². The normalized spacial score (nSPS) is 15.1. The lowest BCUT2D eigenvalue weighted by Gasteiger charge is -2.22. The third-order valence-electron chi connectivity index (χ3n) is 5.12. The fraction of sp³-hybridized carbons (Fsp3) is 0.143. The molecule has 1 aliphatic rings. The minimum atomic E-state index is 0.00957. The van der Waals surface area contributed by atoms with Gasteiger partial charge in [-0.15, -0.1) is 11.3 Å². The minimum absolute atomic E-state index is 0.00957. The summed E-state index contributed by atoms with van der Waals surface area (Å²) >= 11 is 8.18. The van der Waals surface area contributed by atoms with Crippen LogP contribution in [0, 0.1) is 0 Å². The van der Waals surface area contributed by atoms with E-state index in [1.165, 1.54) is 42.4 Å². The first-order valence-electron chi connectivity index (χ1n) is 7.82. The molecule has 2 heteroatoms. The predicted molar refractivity (Wildman–Crippen MR) is 102 cm³/mol. The summed E-state index contributed by atoms with van der Waals surface area (Å²) in [6, 6.07) is 19.6. The second kappa shape index (κ2) is 4.37. The maximum atomic E-state index is 6.27. The second-order valence-corrected chi connectivity index (χ2v) is 8.27. The molecule has 1 aliphatic carbocycles. The Morgan fingerprint density at radius 1 is 0.870 bits per heavy atom. The number of hydrogen-bond donors (Lipinski definition) is 0. The summed E-state index contributed by atoms with van der Waals surface area (Å²) < 4.78 is 2.78. The molecule has 0 nitrogen and oxygen atoms in total. The van der Waals surface area contributed by atoms with Gasteiger partial charge in [0.1, 0.15) is 0 Å². The third kappa shape index (κ3) is 1.67. The highest BCUT2D eigenvalue weighted by Gasteiger charge is 2.37. The number of halogens is 1. The molecule has 4 aromatic rings. The zero-order valence-corrected chi connectivity index (χ0v) is 14.6. The molecule has 1 heterocycles. The van der Waals surface area contributed by atoms with Crippen LogP contribution >= 0.6 is 22.9 Å². The number of thiophene rings is 1.